The lowest BCUT2D eigenvalue weighted by Crippen LogP contribution is -2.05. The van der Waals surface area contributed by atoms with Crippen LogP contribution in [0.5, 0.6) is 0 Å². The molecule has 4 heterocycles. The van der Waals surface area contributed by atoms with Crippen LogP contribution < -0.4 is 10.9 Å². The summed E-state index contributed by atoms with van der Waals surface area (Å²) in [4.78, 5) is 37.0. The van der Waals surface area contributed by atoms with E-state index in [4.69, 9.17) is 0 Å². The Bertz CT molecular complexity index is 1260. The van der Waals surface area contributed by atoms with Crippen LogP contribution in [0.1, 0.15) is 29.1 Å². The van der Waals surface area contributed by atoms with Crippen molar-refractivity contribution in [1.29, 1.82) is 0 Å². The first-order chi connectivity index (χ1) is 14.9. The van der Waals surface area contributed by atoms with Crippen LogP contribution in [-0.4, -0.2) is 26.0 Å². The minimum atomic E-state index is -1.06. The first kappa shape index (κ1) is 21.0. The molecule has 0 radical (unpaired) electrons. The number of thiophene rings is 1. The van der Waals surface area contributed by atoms with Crippen LogP contribution in [0.2, 0.25) is 0 Å². The van der Waals surface area contributed by atoms with Crippen LogP contribution in [0.4, 0.5) is 10.9 Å². The summed E-state index contributed by atoms with van der Waals surface area (Å²) in [5, 5.41) is 15.3. The Hall–Kier alpha value is -3.30. The lowest BCUT2D eigenvalue weighted by Gasteiger charge is -2.07. The fourth-order valence-electron chi connectivity index (χ4n) is 3.10. The number of pyridine rings is 2. The third-order valence-electron chi connectivity index (χ3n) is 4.50. The van der Waals surface area contributed by atoms with E-state index in [2.05, 4.69) is 34.1 Å². The number of H-pyrrole nitrogens is 1. The molecule has 0 amide bonds. The van der Waals surface area contributed by atoms with Gasteiger partial charge in [-0.15, -0.1) is 22.7 Å². The molecular formula is C22H20N4O3S2. The number of rotatable bonds is 7. The van der Waals surface area contributed by atoms with E-state index < -0.39 is 5.97 Å². The zero-order chi connectivity index (χ0) is 22.0. The molecule has 4 rings (SSSR count). The maximum atomic E-state index is 11.9. The van der Waals surface area contributed by atoms with Crippen LogP contribution in [0.3, 0.4) is 0 Å². The highest BCUT2D eigenvalue weighted by Crippen LogP contribution is 2.35. The number of carboxylic acid groups (broad SMARTS) is 1. The molecule has 4 aromatic heterocycles. The number of nitrogens with zero attached hydrogens (tertiary/aromatic N) is 2. The maximum absolute atomic E-state index is 11.9. The molecule has 0 aliphatic rings. The number of thiazole rings is 1. The quantitative estimate of drug-likeness (QED) is 0.353. The van der Waals surface area contributed by atoms with Crippen molar-refractivity contribution in [2.45, 2.75) is 20.3 Å². The van der Waals surface area contributed by atoms with Gasteiger partial charge in [-0.25, -0.2) is 14.8 Å². The summed E-state index contributed by atoms with van der Waals surface area (Å²) < 4.78 is 0. The lowest BCUT2D eigenvalue weighted by atomic mass is 10.1. The number of nitrogens with one attached hydrogen (secondary N) is 2. The average Bonchev–Trinajstić information content (AvgIpc) is 3.39. The molecule has 31 heavy (non-hydrogen) atoms. The third-order valence-corrected chi connectivity index (χ3v) is 6.41. The van der Waals surface area contributed by atoms with Gasteiger partial charge in [-0.3, -0.25) is 4.79 Å². The zero-order valence-electron chi connectivity index (χ0n) is 16.9. The zero-order valence-corrected chi connectivity index (χ0v) is 18.5. The number of hydrogen-bond donors (Lipinski definition) is 3. The van der Waals surface area contributed by atoms with Gasteiger partial charge in [0.15, 0.2) is 5.13 Å². The van der Waals surface area contributed by atoms with Crippen LogP contribution in [0.15, 0.2) is 52.9 Å². The fraction of sp³-hybridized carbons (Fsp3) is 0.182. The van der Waals surface area contributed by atoms with Crippen molar-refractivity contribution in [1.82, 2.24) is 15.0 Å². The van der Waals surface area contributed by atoms with E-state index in [1.807, 2.05) is 17.5 Å². The number of hydrogen-bond acceptors (Lipinski definition) is 7. The Morgan fingerprint density at radius 2 is 2.10 bits per heavy atom. The third kappa shape index (κ3) is 4.73. The molecule has 7 nitrogen and oxygen atoms in total. The highest BCUT2D eigenvalue weighted by molar-refractivity contribution is 7.16. The van der Waals surface area contributed by atoms with Crippen LogP contribution in [0.25, 0.3) is 21.7 Å². The Morgan fingerprint density at radius 1 is 1.26 bits per heavy atom. The van der Waals surface area contributed by atoms with Crippen molar-refractivity contribution in [3.63, 3.8) is 0 Å². The second-order valence-electron chi connectivity index (χ2n) is 7.36. The summed E-state index contributed by atoms with van der Waals surface area (Å²) in [6, 6.07) is 8.66. The molecule has 0 fully saturated rings. The van der Waals surface area contributed by atoms with Crippen LogP contribution in [0, 0.1) is 5.92 Å². The maximum Gasteiger partial charge on any atom is 0.339 e. The van der Waals surface area contributed by atoms with Crippen molar-refractivity contribution in [2.75, 3.05) is 5.32 Å². The van der Waals surface area contributed by atoms with Crippen molar-refractivity contribution in [2.24, 2.45) is 5.92 Å². The van der Waals surface area contributed by atoms with Crippen molar-refractivity contribution in [3.05, 3.63) is 68.9 Å². The van der Waals surface area contributed by atoms with E-state index in [0.717, 1.165) is 33.0 Å². The van der Waals surface area contributed by atoms with E-state index in [0.29, 0.717) is 11.0 Å². The molecule has 158 valence electrons. The molecule has 0 aliphatic carbocycles. The van der Waals surface area contributed by atoms with E-state index in [1.165, 1.54) is 28.7 Å². The summed E-state index contributed by atoms with van der Waals surface area (Å²) in [5.41, 5.74) is 2.23. The predicted molar refractivity (Wildman–Crippen MR) is 125 cm³/mol. The van der Waals surface area contributed by atoms with Crippen molar-refractivity contribution >= 4 is 39.6 Å². The van der Waals surface area contributed by atoms with Crippen molar-refractivity contribution < 1.29 is 9.90 Å². The summed E-state index contributed by atoms with van der Waals surface area (Å²) in [7, 11) is 0. The molecule has 0 spiro atoms. The SMILES string of the molecule is CC(C)Cc1sc(Nc2ncc(-c3cccs3)cc2C(=O)O)nc1-c1ccc(=O)[nH]c1. The normalized spacial score (nSPS) is 11.1. The number of carbonyl (C=O) groups is 1. The Labute approximate surface area is 186 Å². The highest BCUT2D eigenvalue weighted by Gasteiger charge is 2.18. The van der Waals surface area contributed by atoms with Crippen LogP contribution >= 0.6 is 22.7 Å². The van der Waals surface area contributed by atoms with Crippen LogP contribution in [-0.2, 0) is 6.42 Å². The molecule has 0 aliphatic heterocycles. The number of anilines is 2. The van der Waals surface area contributed by atoms with Gasteiger partial charge in [0.05, 0.1) is 5.69 Å². The smallest absolute Gasteiger partial charge is 0.339 e. The van der Waals surface area contributed by atoms with Gasteiger partial charge >= 0.3 is 5.97 Å². The highest BCUT2D eigenvalue weighted by atomic mass is 32.1. The molecule has 0 aromatic carbocycles. The van der Waals surface area contributed by atoms with Gasteiger partial charge in [-0.2, -0.15) is 0 Å². The van der Waals surface area contributed by atoms with Gasteiger partial charge in [0, 0.05) is 39.3 Å². The summed E-state index contributed by atoms with van der Waals surface area (Å²) >= 11 is 2.99. The van der Waals surface area contributed by atoms with Gasteiger partial charge in [-0.05, 0) is 35.9 Å². The minimum absolute atomic E-state index is 0.0806. The lowest BCUT2D eigenvalue weighted by molar-refractivity contribution is 0.0697. The van der Waals surface area contributed by atoms with E-state index in [1.54, 1.807) is 24.5 Å². The van der Waals surface area contributed by atoms with Gasteiger partial charge in [0.25, 0.3) is 0 Å². The molecule has 0 bridgehead atoms. The molecular weight excluding hydrogens is 432 g/mol. The first-order valence-electron chi connectivity index (χ1n) is 9.63. The van der Waals surface area contributed by atoms with E-state index in [-0.39, 0.29) is 16.9 Å². The van der Waals surface area contributed by atoms with Gasteiger partial charge in [0.1, 0.15) is 11.4 Å². The first-order valence-corrected chi connectivity index (χ1v) is 11.3. The second kappa shape index (κ2) is 8.83. The number of aromatic carboxylic acids is 1. The molecule has 3 N–H and O–H groups in total. The second-order valence-corrected chi connectivity index (χ2v) is 9.39. The monoisotopic (exact) mass is 452 g/mol. The number of aromatic nitrogens is 3. The van der Waals surface area contributed by atoms with Gasteiger partial charge in [0.2, 0.25) is 5.56 Å². The molecule has 4 aromatic rings. The molecule has 0 saturated heterocycles. The fourth-order valence-corrected chi connectivity index (χ4v) is 5.01. The standard InChI is InChI=1S/C22H20N4O3S2/c1-12(2)8-17-19(13-5-6-18(27)23-10-13)25-22(31-17)26-20-15(21(28)29)9-14(11-24-20)16-4-3-7-30-16/h3-7,9-12H,8H2,1-2H3,(H,23,27)(H,28,29)(H,24,25,26). The van der Waals surface area contributed by atoms with Crippen molar-refractivity contribution in [3.8, 4) is 21.7 Å². The Kier molecular flexibility index (Phi) is 5.97. The molecule has 9 heteroatoms. The van der Waals surface area contributed by atoms with E-state index >= 15 is 0 Å². The summed E-state index contributed by atoms with van der Waals surface area (Å²) in [5.74, 6) is -0.411. The molecule has 0 saturated carbocycles. The number of carboxylic acids is 1. The summed E-state index contributed by atoms with van der Waals surface area (Å²) in [6.45, 7) is 4.24. The van der Waals surface area contributed by atoms with Gasteiger partial charge < -0.3 is 15.4 Å². The molecule has 0 atom stereocenters. The molecule has 0 unspecified atom stereocenters. The Balaban J connectivity index is 1.71. The predicted octanol–water partition coefficient (Wildman–Crippen LogP) is 5.26. The minimum Gasteiger partial charge on any atom is -0.478 e. The topological polar surface area (TPSA) is 108 Å². The average molecular weight is 453 g/mol. The van der Waals surface area contributed by atoms with E-state index in [9.17, 15) is 14.7 Å². The largest absolute Gasteiger partial charge is 0.478 e. The Morgan fingerprint density at radius 3 is 2.74 bits per heavy atom. The summed E-state index contributed by atoms with van der Waals surface area (Å²) in [6.07, 6.45) is 4.11. The van der Waals surface area contributed by atoms with Gasteiger partial charge in [-0.1, -0.05) is 19.9 Å². The number of aromatic amines is 1.